The van der Waals surface area contributed by atoms with Gasteiger partial charge in [0.15, 0.2) is 12.2 Å². The Labute approximate surface area is 163 Å². The summed E-state index contributed by atoms with van der Waals surface area (Å²) < 4.78 is 4.90. The van der Waals surface area contributed by atoms with E-state index in [9.17, 15) is 9.59 Å². The first kappa shape index (κ1) is 21.0. The van der Waals surface area contributed by atoms with Crippen LogP contribution in [-0.4, -0.2) is 36.8 Å². The highest BCUT2D eigenvalue weighted by molar-refractivity contribution is 6.31. The molecule has 3 atom stereocenters. The second-order valence-electron chi connectivity index (χ2n) is 6.37. The van der Waals surface area contributed by atoms with Gasteiger partial charge in [-0.05, 0) is 44.9 Å². The first-order chi connectivity index (χ1) is 12.8. The van der Waals surface area contributed by atoms with Gasteiger partial charge in [0.2, 0.25) is 5.91 Å². The van der Waals surface area contributed by atoms with Gasteiger partial charge in [-0.25, -0.2) is 4.99 Å². The van der Waals surface area contributed by atoms with Gasteiger partial charge in [-0.2, -0.15) is 0 Å². The van der Waals surface area contributed by atoms with Crippen LogP contribution in [0.4, 0.5) is 5.69 Å². The van der Waals surface area contributed by atoms with Crippen molar-refractivity contribution >= 4 is 35.1 Å². The second kappa shape index (κ2) is 9.57. The van der Waals surface area contributed by atoms with Crippen LogP contribution in [0, 0.1) is 12.8 Å². The normalized spacial score (nSPS) is 22.9. The van der Waals surface area contributed by atoms with Crippen molar-refractivity contribution in [1.82, 2.24) is 10.6 Å². The summed E-state index contributed by atoms with van der Waals surface area (Å²) in [7, 11) is 0. The van der Waals surface area contributed by atoms with Crippen LogP contribution in [0.15, 0.2) is 23.2 Å². The number of rotatable bonds is 6. The number of hydrogen-bond acceptors (Lipinski definition) is 5. The summed E-state index contributed by atoms with van der Waals surface area (Å²) in [6, 6.07) is 5.27. The Kier molecular flexibility index (Phi) is 7.44. The van der Waals surface area contributed by atoms with E-state index in [1.807, 2.05) is 26.0 Å². The summed E-state index contributed by atoms with van der Waals surface area (Å²) in [5, 5.41) is 9.54. The molecule has 1 aromatic rings. The van der Waals surface area contributed by atoms with Crippen LogP contribution in [0.25, 0.3) is 0 Å². The van der Waals surface area contributed by atoms with Crippen LogP contribution in [0.1, 0.15) is 32.3 Å². The van der Waals surface area contributed by atoms with E-state index >= 15 is 0 Å². The molecule has 2 rings (SSSR count). The average Bonchev–Trinajstić information content (AvgIpc) is 2.58. The number of carbonyl (C=O) groups excluding carboxylic acids is 2. The molecule has 27 heavy (non-hydrogen) atoms. The van der Waals surface area contributed by atoms with Gasteiger partial charge >= 0.3 is 5.97 Å². The Balaban J connectivity index is 1.95. The number of halogens is 1. The smallest absolute Gasteiger partial charge is 0.305 e. The first-order valence-corrected chi connectivity index (χ1v) is 9.27. The number of nitrogens with one attached hydrogen (secondary N) is 3. The van der Waals surface area contributed by atoms with Crippen molar-refractivity contribution in [2.24, 2.45) is 16.6 Å². The molecule has 1 aliphatic rings. The van der Waals surface area contributed by atoms with E-state index in [4.69, 9.17) is 22.1 Å². The third kappa shape index (κ3) is 5.83. The fourth-order valence-corrected chi connectivity index (χ4v) is 3.06. The highest BCUT2D eigenvalue weighted by atomic mass is 35.5. The van der Waals surface area contributed by atoms with Crippen molar-refractivity contribution in [2.45, 2.75) is 45.9 Å². The van der Waals surface area contributed by atoms with E-state index in [0.717, 1.165) is 11.3 Å². The standard InChI is InChI=1S/C18H26ClN5O3/c1-4-27-15(25)9-8-12-11(3)21-18(23-16(12)26)24-17(20)22-14-7-5-6-13(19)10(14)2/h5-7,11-12,18,21H,4,8-9H2,1-3H3,(H,23,26)(H3,20,22,24). The largest absolute Gasteiger partial charge is 0.466 e. The Bertz CT molecular complexity index is 725. The molecule has 0 aromatic heterocycles. The number of amides is 1. The highest BCUT2D eigenvalue weighted by Crippen LogP contribution is 2.23. The first-order valence-electron chi connectivity index (χ1n) is 8.89. The number of aliphatic imine (C=N–C) groups is 1. The van der Waals surface area contributed by atoms with E-state index in [0.29, 0.717) is 18.1 Å². The van der Waals surface area contributed by atoms with Gasteiger partial charge in [0.1, 0.15) is 0 Å². The van der Waals surface area contributed by atoms with Crippen LogP contribution in [0.3, 0.4) is 0 Å². The van der Waals surface area contributed by atoms with E-state index in [-0.39, 0.29) is 36.2 Å². The van der Waals surface area contributed by atoms with Crippen LogP contribution < -0.4 is 21.7 Å². The predicted molar refractivity (Wildman–Crippen MR) is 105 cm³/mol. The van der Waals surface area contributed by atoms with Crippen molar-refractivity contribution < 1.29 is 14.3 Å². The number of benzene rings is 1. The van der Waals surface area contributed by atoms with Gasteiger partial charge in [-0.3, -0.25) is 14.9 Å². The van der Waals surface area contributed by atoms with Crippen molar-refractivity contribution in [1.29, 1.82) is 0 Å². The van der Waals surface area contributed by atoms with Crippen LogP contribution >= 0.6 is 11.6 Å². The minimum atomic E-state index is -0.654. The molecule has 0 saturated carbocycles. The summed E-state index contributed by atoms with van der Waals surface area (Å²) in [6.45, 7) is 5.83. The SMILES string of the molecule is CCOC(=O)CCC1C(=O)NC(/N=C(\N)Nc2cccc(Cl)c2C)NC1C. The molecule has 1 heterocycles. The van der Waals surface area contributed by atoms with Crippen molar-refractivity contribution in [3.63, 3.8) is 0 Å². The summed E-state index contributed by atoms with van der Waals surface area (Å²) >= 11 is 6.09. The number of guanidine groups is 1. The molecular weight excluding hydrogens is 370 g/mol. The minimum Gasteiger partial charge on any atom is -0.466 e. The van der Waals surface area contributed by atoms with Gasteiger partial charge in [0.05, 0.1) is 12.5 Å². The number of anilines is 1. The van der Waals surface area contributed by atoms with Gasteiger partial charge in [-0.1, -0.05) is 17.7 Å². The lowest BCUT2D eigenvalue weighted by molar-refractivity contribution is -0.143. The molecule has 0 bridgehead atoms. The van der Waals surface area contributed by atoms with Crippen LogP contribution in [0.2, 0.25) is 5.02 Å². The average molecular weight is 396 g/mol. The van der Waals surface area contributed by atoms with Crippen molar-refractivity contribution in [3.05, 3.63) is 28.8 Å². The quantitative estimate of drug-likeness (QED) is 0.331. The number of nitrogens with two attached hydrogens (primary N) is 1. The molecule has 0 spiro atoms. The monoisotopic (exact) mass is 395 g/mol. The maximum absolute atomic E-state index is 12.4. The molecule has 1 saturated heterocycles. The Morgan fingerprint density at radius 2 is 2.19 bits per heavy atom. The topological polar surface area (TPSA) is 118 Å². The maximum atomic E-state index is 12.4. The molecule has 8 nitrogen and oxygen atoms in total. The van der Waals surface area contributed by atoms with Gasteiger partial charge in [0.25, 0.3) is 0 Å². The molecule has 1 aromatic carbocycles. The number of nitrogens with zero attached hydrogens (tertiary/aromatic N) is 1. The summed E-state index contributed by atoms with van der Waals surface area (Å²) in [5.74, 6) is -0.672. The number of esters is 1. The number of hydrogen-bond donors (Lipinski definition) is 4. The highest BCUT2D eigenvalue weighted by Gasteiger charge is 2.33. The molecule has 5 N–H and O–H groups in total. The van der Waals surface area contributed by atoms with E-state index in [1.54, 1.807) is 13.0 Å². The lowest BCUT2D eigenvalue weighted by Crippen LogP contribution is -2.60. The molecule has 9 heteroatoms. The third-order valence-electron chi connectivity index (χ3n) is 4.40. The molecule has 1 amide bonds. The van der Waals surface area contributed by atoms with E-state index in [1.165, 1.54) is 0 Å². The zero-order valence-corrected chi connectivity index (χ0v) is 16.5. The zero-order chi connectivity index (χ0) is 20.0. The Hall–Kier alpha value is -2.32. The zero-order valence-electron chi connectivity index (χ0n) is 15.7. The van der Waals surface area contributed by atoms with E-state index in [2.05, 4.69) is 20.9 Å². The Morgan fingerprint density at radius 1 is 1.44 bits per heavy atom. The van der Waals surface area contributed by atoms with Gasteiger partial charge < -0.3 is 21.1 Å². The lowest BCUT2D eigenvalue weighted by Gasteiger charge is -2.33. The Morgan fingerprint density at radius 3 is 2.85 bits per heavy atom. The molecule has 3 unspecified atom stereocenters. The molecular formula is C18H26ClN5O3. The number of carbonyl (C=O) groups is 2. The molecule has 1 aliphatic heterocycles. The fraction of sp³-hybridized carbons (Fsp3) is 0.500. The molecule has 0 aliphatic carbocycles. The molecule has 1 fully saturated rings. The molecule has 148 valence electrons. The predicted octanol–water partition coefficient (Wildman–Crippen LogP) is 1.73. The maximum Gasteiger partial charge on any atom is 0.305 e. The molecule has 0 radical (unpaired) electrons. The summed E-state index contributed by atoms with van der Waals surface area (Å²) in [6.07, 6.45) is -0.0488. The third-order valence-corrected chi connectivity index (χ3v) is 4.81. The second-order valence-corrected chi connectivity index (χ2v) is 6.78. The van der Waals surface area contributed by atoms with Crippen LogP contribution in [0.5, 0.6) is 0 Å². The summed E-state index contributed by atoms with van der Waals surface area (Å²) in [4.78, 5) is 28.1. The fourth-order valence-electron chi connectivity index (χ4n) is 2.89. The van der Waals surface area contributed by atoms with Crippen molar-refractivity contribution in [2.75, 3.05) is 11.9 Å². The number of ether oxygens (including phenoxy) is 1. The minimum absolute atomic E-state index is 0.148. The van der Waals surface area contributed by atoms with Gasteiger partial charge in [-0.15, -0.1) is 0 Å². The van der Waals surface area contributed by atoms with Gasteiger partial charge in [0, 0.05) is 23.2 Å². The lowest BCUT2D eigenvalue weighted by atomic mass is 9.93. The summed E-state index contributed by atoms with van der Waals surface area (Å²) in [5.41, 5.74) is 7.55. The van der Waals surface area contributed by atoms with Crippen LogP contribution in [-0.2, 0) is 14.3 Å². The van der Waals surface area contributed by atoms with E-state index < -0.39 is 6.29 Å². The van der Waals surface area contributed by atoms with Crippen molar-refractivity contribution in [3.8, 4) is 0 Å².